The lowest BCUT2D eigenvalue weighted by molar-refractivity contribution is 0.329. The minimum Gasteiger partial charge on any atom is -0.463 e. The van der Waals surface area contributed by atoms with Gasteiger partial charge in [-0.15, -0.1) is 0 Å². The highest BCUT2D eigenvalue weighted by atomic mass is 16.5. The Kier molecular flexibility index (Phi) is 2.46. The first kappa shape index (κ1) is 7.86. The van der Waals surface area contributed by atoms with Crippen LogP contribution in [0.3, 0.4) is 0 Å². The SMILES string of the molecule is C1CNC(CNC2=NCCO2)C1. The van der Waals surface area contributed by atoms with Crippen LogP contribution in [0.5, 0.6) is 0 Å². The molecule has 4 heteroatoms. The Balaban J connectivity index is 1.67. The van der Waals surface area contributed by atoms with Crippen molar-refractivity contribution in [3.8, 4) is 0 Å². The Morgan fingerprint density at radius 3 is 3.33 bits per heavy atom. The van der Waals surface area contributed by atoms with Crippen molar-refractivity contribution < 1.29 is 4.74 Å². The van der Waals surface area contributed by atoms with Crippen molar-refractivity contribution in [1.29, 1.82) is 0 Å². The van der Waals surface area contributed by atoms with E-state index in [4.69, 9.17) is 4.74 Å². The van der Waals surface area contributed by atoms with Crippen LogP contribution in [-0.4, -0.2) is 38.3 Å². The molecule has 0 aromatic heterocycles. The van der Waals surface area contributed by atoms with Crippen LogP contribution in [0.4, 0.5) is 0 Å². The van der Waals surface area contributed by atoms with Crippen molar-refractivity contribution in [2.24, 2.45) is 4.99 Å². The molecule has 68 valence electrons. The van der Waals surface area contributed by atoms with Crippen LogP contribution in [0.15, 0.2) is 4.99 Å². The van der Waals surface area contributed by atoms with Crippen molar-refractivity contribution in [2.75, 3.05) is 26.2 Å². The fraction of sp³-hybridized carbons (Fsp3) is 0.875. The van der Waals surface area contributed by atoms with Crippen LogP contribution in [0.1, 0.15) is 12.8 Å². The lowest BCUT2D eigenvalue weighted by Crippen LogP contribution is -2.37. The van der Waals surface area contributed by atoms with E-state index in [2.05, 4.69) is 15.6 Å². The van der Waals surface area contributed by atoms with Gasteiger partial charge in [-0.1, -0.05) is 0 Å². The molecule has 2 aliphatic heterocycles. The summed E-state index contributed by atoms with van der Waals surface area (Å²) < 4.78 is 5.22. The van der Waals surface area contributed by atoms with Crippen molar-refractivity contribution in [2.45, 2.75) is 18.9 Å². The van der Waals surface area contributed by atoms with Gasteiger partial charge in [-0.2, -0.15) is 0 Å². The summed E-state index contributed by atoms with van der Waals surface area (Å²) in [6, 6.07) is 1.33. The number of ether oxygens (including phenoxy) is 1. The van der Waals surface area contributed by atoms with Gasteiger partial charge >= 0.3 is 0 Å². The molecule has 1 saturated heterocycles. The van der Waals surface area contributed by atoms with Gasteiger partial charge in [0.25, 0.3) is 6.02 Å². The van der Waals surface area contributed by atoms with Gasteiger partial charge in [0.15, 0.2) is 0 Å². The van der Waals surface area contributed by atoms with Crippen LogP contribution in [0.25, 0.3) is 0 Å². The predicted octanol–water partition coefficient (Wildman–Crippen LogP) is -0.286. The number of nitrogens with zero attached hydrogens (tertiary/aromatic N) is 1. The molecule has 2 heterocycles. The molecule has 1 unspecified atom stereocenters. The molecule has 4 nitrogen and oxygen atoms in total. The normalized spacial score (nSPS) is 28.3. The lowest BCUT2D eigenvalue weighted by atomic mass is 10.2. The van der Waals surface area contributed by atoms with Crippen LogP contribution in [-0.2, 0) is 4.74 Å². The Hall–Kier alpha value is -0.770. The standard InChI is InChI=1S/C8H15N3O/c1-2-7(9-3-1)6-11-8-10-4-5-12-8/h7,9H,1-6H2,(H,10,11). The Morgan fingerprint density at radius 1 is 1.67 bits per heavy atom. The third kappa shape index (κ3) is 1.88. The lowest BCUT2D eigenvalue weighted by Gasteiger charge is -2.11. The van der Waals surface area contributed by atoms with Crippen molar-refractivity contribution in [1.82, 2.24) is 10.6 Å². The van der Waals surface area contributed by atoms with E-state index in [1.165, 1.54) is 12.8 Å². The van der Waals surface area contributed by atoms with Crippen LogP contribution in [0, 0.1) is 0 Å². The summed E-state index contributed by atoms with van der Waals surface area (Å²) in [6.07, 6.45) is 2.56. The van der Waals surface area contributed by atoms with Gasteiger partial charge in [-0.25, -0.2) is 4.99 Å². The first-order chi connectivity index (χ1) is 5.95. The van der Waals surface area contributed by atoms with Crippen LogP contribution in [0.2, 0.25) is 0 Å². The Bertz CT molecular complexity index is 175. The first-order valence-corrected chi connectivity index (χ1v) is 4.59. The quantitative estimate of drug-likeness (QED) is 0.597. The van der Waals surface area contributed by atoms with Crippen molar-refractivity contribution in [3.63, 3.8) is 0 Å². The molecule has 2 aliphatic rings. The highest BCUT2D eigenvalue weighted by Crippen LogP contribution is 2.03. The number of rotatable bonds is 2. The van der Waals surface area contributed by atoms with E-state index in [0.29, 0.717) is 6.04 Å². The molecule has 0 aromatic rings. The third-order valence-corrected chi connectivity index (χ3v) is 2.25. The number of hydrogen-bond acceptors (Lipinski definition) is 4. The largest absolute Gasteiger partial charge is 0.463 e. The highest BCUT2D eigenvalue weighted by molar-refractivity contribution is 5.74. The highest BCUT2D eigenvalue weighted by Gasteiger charge is 2.15. The number of aliphatic imine (C=N–C) groups is 1. The zero-order chi connectivity index (χ0) is 8.23. The molecule has 12 heavy (non-hydrogen) atoms. The molecule has 1 fully saturated rings. The average Bonchev–Trinajstić information content (AvgIpc) is 2.74. The van der Waals surface area contributed by atoms with E-state index in [0.717, 1.165) is 32.3 Å². The predicted molar refractivity (Wildman–Crippen MR) is 47.3 cm³/mol. The molecule has 0 saturated carbocycles. The van der Waals surface area contributed by atoms with Crippen molar-refractivity contribution >= 4 is 6.02 Å². The second-order valence-corrected chi connectivity index (χ2v) is 3.21. The van der Waals surface area contributed by atoms with E-state index in [-0.39, 0.29) is 0 Å². The van der Waals surface area contributed by atoms with Gasteiger partial charge in [0.05, 0.1) is 6.54 Å². The first-order valence-electron chi connectivity index (χ1n) is 4.59. The number of amidine groups is 1. The number of nitrogens with one attached hydrogen (secondary N) is 2. The smallest absolute Gasteiger partial charge is 0.284 e. The molecule has 0 radical (unpaired) electrons. The molecule has 0 bridgehead atoms. The van der Waals surface area contributed by atoms with Crippen LogP contribution >= 0.6 is 0 Å². The van der Waals surface area contributed by atoms with E-state index in [1.807, 2.05) is 0 Å². The van der Waals surface area contributed by atoms with E-state index >= 15 is 0 Å². The molecular weight excluding hydrogens is 154 g/mol. The molecule has 0 aliphatic carbocycles. The monoisotopic (exact) mass is 169 g/mol. The van der Waals surface area contributed by atoms with E-state index in [1.54, 1.807) is 0 Å². The molecular formula is C8H15N3O. The second-order valence-electron chi connectivity index (χ2n) is 3.21. The maximum atomic E-state index is 5.22. The summed E-state index contributed by atoms with van der Waals surface area (Å²) >= 11 is 0. The maximum absolute atomic E-state index is 5.22. The van der Waals surface area contributed by atoms with Gasteiger partial charge in [0.2, 0.25) is 0 Å². The Morgan fingerprint density at radius 2 is 2.67 bits per heavy atom. The maximum Gasteiger partial charge on any atom is 0.284 e. The van der Waals surface area contributed by atoms with Crippen molar-refractivity contribution in [3.05, 3.63) is 0 Å². The van der Waals surface area contributed by atoms with E-state index < -0.39 is 0 Å². The van der Waals surface area contributed by atoms with Gasteiger partial charge in [0.1, 0.15) is 6.61 Å². The van der Waals surface area contributed by atoms with Gasteiger partial charge in [-0.05, 0) is 19.4 Å². The molecule has 1 atom stereocenters. The molecule has 2 N–H and O–H groups in total. The zero-order valence-electron chi connectivity index (χ0n) is 7.18. The van der Waals surface area contributed by atoms with E-state index in [9.17, 15) is 0 Å². The third-order valence-electron chi connectivity index (χ3n) is 2.25. The minimum atomic E-state index is 0.608. The summed E-state index contributed by atoms with van der Waals surface area (Å²) in [5.74, 6) is 0. The average molecular weight is 169 g/mol. The molecule has 0 spiro atoms. The summed E-state index contributed by atoms with van der Waals surface area (Å²) in [5.41, 5.74) is 0. The van der Waals surface area contributed by atoms with Crippen LogP contribution < -0.4 is 10.6 Å². The summed E-state index contributed by atoms with van der Waals surface area (Å²) in [6.45, 7) is 3.64. The van der Waals surface area contributed by atoms with Gasteiger partial charge < -0.3 is 15.4 Å². The fourth-order valence-electron chi connectivity index (χ4n) is 1.58. The second kappa shape index (κ2) is 3.76. The fourth-order valence-corrected chi connectivity index (χ4v) is 1.58. The summed E-state index contributed by atoms with van der Waals surface area (Å²) in [4.78, 5) is 4.15. The van der Waals surface area contributed by atoms with Gasteiger partial charge in [-0.3, -0.25) is 0 Å². The summed E-state index contributed by atoms with van der Waals surface area (Å²) in [7, 11) is 0. The topological polar surface area (TPSA) is 45.7 Å². The van der Waals surface area contributed by atoms with Gasteiger partial charge in [0, 0.05) is 12.6 Å². The molecule has 0 aromatic carbocycles. The zero-order valence-corrected chi connectivity index (χ0v) is 7.18. The number of hydrogen-bond donors (Lipinski definition) is 2. The molecule has 0 amide bonds. The Labute approximate surface area is 72.4 Å². The summed E-state index contributed by atoms with van der Waals surface area (Å²) in [5, 5.41) is 6.60. The minimum absolute atomic E-state index is 0.608. The molecule has 2 rings (SSSR count).